The van der Waals surface area contributed by atoms with Crippen LogP contribution in [0, 0.1) is 0 Å². The van der Waals surface area contributed by atoms with Gasteiger partial charge >= 0.3 is 0 Å². The van der Waals surface area contributed by atoms with Crippen molar-refractivity contribution in [3.05, 3.63) is 39.1 Å². The second-order valence-electron chi connectivity index (χ2n) is 3.49. The Balaban J connectivity index is 2.67. The SMILES string of the molecule is CCC[n+]1cc(=O)c2cc(Br)ccc2[nH]1. The van der Waals surface area contributed by atoms with Gasteiger partial charge in [0.1, 0.15) is 5.52 Å². The average Bonchev–Trinajstić information content (AvgIpc) is 2.20. The third-order valence-corrected chi connectivity index (χ3v) is 2.74. The van der Waals surface area contributed by atoms with Gasteiger partial charge in [-0.2, -0.15) is 5.10 Å². The van der Waals surface area contributed by atoms with Crippen LogP contribution in [0.4, 0.5) is 0 Å². The van der Waals surface area contributed by atoms with Gasteiger partial charge in [-0.3, -0.25) is 4.79 Å². The normalized spacial score (nSPS) is 10.8. The molecule has 0 atom stereocenters. The number of aromatic nitrogens is 2. The molecule has 0 aliphatic rings. The fourth-order valence-corrected chi connectivity index (χ4v) is 1.94. The standard InChI is InChI=1S/C11H11BrN2O/c1-2-5-14-7-11(15)9-6-8(12)3-4-10(9)13-14/h3-4,6-7H,2,5H2,1H3/p+1. The van der Waals surface area contributed by atoms with Crippen LogP contribution in [-0.2, 0) is 6.54 Å². The van der Waals surface area contributed by atoms with Crippen molar-refractivity contribution in [3.63, 3.8) is 0 Å². The van der Waals surface area contributed by atoms with Crippen LogP contribution in [0.5, 0.6) is 0 Å². The van der Waals surface area contributed by atoms with Crippen molar-refractivity contribution in [2.45, 2.75) is 19.9 Å². The van der Waals surface area contributed by atoms with Gasteiger partial charge in [0.2, 0.25) is 6.20 Å². The summed E-state index contributed by atoms with van der Waals surface area (Å²) in [7, 11) is 0. The van der Waals surface area contributed by atoms with Gasteiger partial charge in [0.05, 0.1) is 5.39 Å². The predicted molar refractivity (Wildman–Crippen MR) is 62.8 cm³/mol. The number of H-pyrrole nitrogens is 1. The number of hydrogen-bond acceptors (Lipinski definition) is 1. The van der Waals surface area contributed by atoms with Crippen LogP contribution in [-0.4, -0.2) is 5.10 Å². The minimum absolute atomic E-state index is 0.0542. The maximum absolute atomic E-state index is 11.8. The minimum atomic E-state index is 0.0542. The molecule has 0 fully saturated rings. The smallest absolute Gasteiger partial charge is 0.253 e. The Kier molecular flexibility index (Phi) is 2.86. The Morgan fingerprint density at radius 2 is 2.27 bits per heavy atom. The van der Waals surface area contributed by atoms with Gasteiger partial charge in [0.15, 0.2) is 6.54 Å². The van der Waals surface area contributed by atoms with Crippen LogP contribution in [0.15, 0.2) is 33.7 Å². The number of rotatable bonds is 2. The van der Waals surface area contributed by atoms with Crippen LogP contribution in [0.25, 0.3) is 10.9 Å². The van der Waals surface area contributed by atoms with E-state index in [4.69, 9.17) is 0 Å². The van der Waals surface area contributed by atoms with Gasteiger partial charge in [-0.1, -0.05) is 22.9 Å². The first kappa shape index (κ1) is 10.4. The summed E-state index contributed by atoms with van der Waals surface area (Å²) in [5.74, 6) is 0. The molecular formula is C11H12BrN2O+. The molecular weight excluding hydrogens is 256 g/mol. The van der Waals surface area contributed by atoms with E-state index in [1.807, 2.05) is 22.9 Å². The lowest BCUT2D eigenvalue weighted by Crippen LogP contribution is -2.40. The fourth-order valence-electron chi connectivity index (χ4n) is 1.58. The largest absolute Gasteiger partial charge is 0.282 e. The summed E-state index contributed by atoms with van der Waals surface area (Å²) in [4.78, 5) is 11.8. The molecule has 2 aromatic rings. The van der Waals surface area contributed by atoms with Crippen LogP contribution in [0.2, 0.25) is 0 Å². The van der Waals surface area contributed by atoms with Crippen molar-refractivity contribution in [1.29, 1.82) is 0 Å². The fraction of sp³-hybridized carbons (Fsp3) is 0.273. The Labute approximate surface area is 95.9 Å². The Morgan fingerprint density at radius 3 is 3.00 bits per heavy atom. The monoisotopic (exact) mass is 267 g/mol. The molecule has 1 N–H and O–H groups in total. The van der Waals surface area contributed by atoms with Crippen LogP contribution >= 0.6 is 15.9 Å². The van der Waals surface area contributed by atoms with E-state index in [2.05, 4.69) is 28.0 Å². The van der Waals surface area contributed by atoms with Gasteiger partial charge in [-0.15, -0.1) is 4.68 Å². The molecule has 0 aliphatic heterocycles. The van der Waals surface area contributed by atoms with E-state index in [9.17, 15) is 4.79 Å². The molecule has 0 spiro atoms. The summed E-state index contributed by atoms with van der Waals surface area (Å²) in [6.45, 7) is 2.92. The number of benzene rings is 1. The van der Waals surface area contributed by atoms with E-state index in [1.54, 1.807) is 6.20 Å². The first-order valence-electron chi connectivity index (χ1n) is 4.92. The number of aromatic amines is 1. The highest BCUT2D eigenvalue weighted by atomic mass is 79.9. The molecule has 0 radical (unpaired) electrons. The summed E-state index contributed by atoms with van der Waals surface area (Å²) in [5.41, 5.74) is 0.928. The number of halogens is 1. The summed E-state index contributed by atoms with van der Waals surface area (Å²) in [5, 5.41) is 3.91. The molecule has 2 rings (SSSR count). The quantitative estimate of drug-likeness (QED) is 0.831. The maximum Gasteiger partial charge on any atom is 0.253 e. The molecule has 0 saturated heterocycles. The van der Waals surface area contributed by atoms with Gasteiger partial charge < -0.3 is 0 Å². The lowest BCUT2D eigenvalue weighted by atomic mass is 10.2. The average molecular weight is 268 g/mol. The van der Waals surface area contributed by atoms with Crippen molar-refractivity contribution in [2.75, 3.05) is 0 Å². The summed E-state index contributed by atoms with van der Waals surface area (Å²) < 4.78 is 2.76. The molecule has 0 aliphatic carbocycles. The van der Waals surface area contributed by atoms with Crippen LogP contribution in [0.1, 0.15) is 13.3 Å². The molecule has 4 heteroatoms. The van der Waals surface area contributed by atoms with E-state index < -0.39 is 0 Å². The molecule has 0 amide bonds. The molecule has 0 unspecified atom stereocenters. The summed E-state index contributed by atoms with van der Waals surface area (Å²) in [6, 6.07) is 5.67. The molecule has 0 bridgehead atoms. The Hall–Kier alpha value is -1.16. The second kappa shape index (κ2) is 4.14. The van der Waals surface area contributed by atoms with E-state index in [0.29, 0.717) is 0 Å². The number of nitrogens with one attached hydrogen (secondary N) is 1. The van der Waals surface area contributed by atoms with Gasteiger partial charge in [-0.05, 0) is 18.2 Å². The highest BCUT2D eigenvalue weighted by Gasteiger charge is 2.06. The second-order valence-corrected chi connectivity index (χ2v) is 4.40. The maximum atomic E-state index is 11.8. The van der Waals surface area contributed by atoms with E-state index in [-0.39, 0.29) is 5.43 Å². The lowest BCUT2D eigenvalue weighted by molar-refractivity contribution is -0.752. The molecule has 1 heterocycles. The number of hydrogen-bond donors (Lipinski definition) is 1. The van der Waals surface area contributed by atoms with Gasteiger partial charge in [0, 0.05) is 10.9 Å². The minimum Gasteiger partial charge on any atom is -0.282 e. The Bertz CT molecular complexity index is 548. The van der Waals surface area contributed by atoms with Gasteiger partial charge in [0.25, 0.3) is 5.43 Å². The molecule has 3 nitrogen and oxygen atoms in total. The third-order valence-electron chi connectivity index (χ3n) is 2.25. The zero-order valence-electron chi connectivity index (χ0n) is 8.46. The van der Waals surface area contributed by atoms with Crippen LogP contribution in [0.3, 0.4) is 0 Å². The molecule has 1 aromatic carbocycles. The first-order valence-corrected chi connectivity index (χ1v) is 5.72. The van der Waals surface area contributed by atoms with Crippen molar-refractivity contribution in [2.24, 2.45) is 0 Å². The molecule has 15 heavy (non-hydrogen) atoms. The lowest BCUT2D eigenvalue weighted by Gasteiger charge is -1.98. The van der Waals surface area contributed by atoms with E-state index >= 15 is 0 Å². The topological polar surface area (TPSA) is 36.7 Å². The van der Waals surface area contributed by atoms with Crippen LogP contribution < -0.4 is 10.1 Å². The summed E-state index contributed by atoms with van der Waals surface area (Å²) >= 11 is 3.36. The molecule has 78 valence electrons. The third kappa shape index (κ3) is 2.09. The zero-order chi connectivity index (χ0) is 10.8. The Morgan fingerprint density at radius 1 is 1.47 bits per heavy atom. The van der Waals surface area contributed by atoms with Crippen molar-refractivity contribution in [1.82, 2.24) is 5.10 Å². The highest BCUT2D eigenvalue weighted by Crippen LogP contribution is 2.13. The molecule has 1 aromatic heterocycles. The van der Waals surface area contributed by atoms with Crippen molar-refractivity contribution >= 4 is 26.8 Å². The van der Waals surface area contributed by atoms with Crippen molar-refractivity contribution < 1.29 is 4.68 Å². The van der Waals surface area contributed by atoms with E-state index in [0.717, 1.165) is 28.3 Å². The van der Waals surface area contributed by atoms with E-state index in [1.165, 1.54) is 0 Å². The number of nitrogens with zero attached hydrogens (tertiary/aromatic N) is 1. The highest BCUT2D eigenvalue weighted by molar-refractivity contribution is 9.10. The first-order chi connectivity index (χ1) is 7.20. The zero-order valence-corrected chi connectivity index (χ0v) is 10.0. The molecule has 0 saturated carbocycles. The van der Waals surface area contributed by atoms with Crippen molar-refractivity contribution in [3.8, 4) is 0 Å². The number of aryl methyl sites for hydroxylation is 1. The predicted octanol–water partition coefficient (Wildman–Crippen LogP) is 1.99. The van der Waals surface area contributed by atoms with Gasteiger partial charge in [-0.25, -0.2) is 0 Å². The summed E-state index contributed by atoms with van der Waals surface area (Å²) in [6.07, 6.45) is 2.61. The number of fused-ring (bicyclic) bond motifs is 1.